The number of methoxy groups -OCH3 is 2. The number of aromatic nitrogens is 1. The first kappa shape index (κ1) is 17.8. The first-order valence-electron chi connectivity index (χ1n) is 8.62. The van der Waals surface area contributed by atoms with Gasteiger partial charge in [-0.3, -0.25) is 4.90 Å². The maximum atomic E-state index is 9.50. The van der Waals surface area contributed by atoms with E-state index in [0.29, 0.717) is 18.2 Å². The third-order valence-electron chi connectivity index (χ3n) is 4.97. The molecule has 0 bridgehead atoms. The summed E-state index contributed by atoms with van der Waals surface area (Å²) in [6, 6.07) is 4.03. The molecule has 1 saturated heterocycles. The summed E-state index contributed by atoms with van der Waals surface area (Å²) >= 11 is 0. The van der Waals surface area contributed by atoms with Crippen molar-refractivity contribution in [1.82, 2.24) is 9.88 Å². The number of nitrogens with zero attached hydrogens (tertiary/aromatic N) is 2. The molecule has 25 heavy (non-hydrogen) atoms. The van der Waals surface area contributed by atoms with Gasteiger partial charge in [-0.05, 0) is 45.4 Å². The number of rotatable bonds is 6. The molecule has 2 aromatic rings. The number of aliphatic hydroxyl groups excluding tert-OH is 1. The van der Waals surface area contributed by atoms with E-state index in [1.54, 1.807) is 14.2 Å². The van der Waals surface area contributed by atoms with E-state index in [1.165, 1.54) is 0 Å². The maximum Gasteiger partial charge on any atom is 0.230 e. The predicted molar refractivity (Wildman–Crippen MR) is 95.0 cm³/mol. The Morgan fingerprint density at radius 3 is 2.76 bits per heavy atom. The van der Waals surface area contributed by atoms with Gasteiger partial charge >= 0.3 is 0 Å². The lowest BCUT2D eigenvalue weighted by Crippen LogP contribution is -2.31. The second-order valence-corrected chi connectivity index (χ2v) is 6.44. The molecule has 0 spiro atoms. The fourth-order valence-electron chi connectivity index (χ4n) is 3.52. The number of hydrogen-bond acceptors (Lipinski definition) is 6. The van der Waals surface area contributed by atoms with E-state index in [9.17, 15) is 5.11 Å². The molecule has 1 aromatic carbocycles. The Hall–Kier alpha value is -2.05. The van der Waals surface area contributed by atoms with E-state index >= 15 is 0 Å². The first-order valence-corrected chi connectivity index (χ1v) is 8.62. The fourth-order valence-corrected chi connectivity index (χ4v) is 3.52. The van der Waals surface area contributed by atoms with Crippen molar-refractivity contribution in [2.75, 3.05) is 27.4 Å². The lowest BCUT2D eigenvalue weighted by Gasteiger charge is -2.21. The van der Waals surface area contributed by atoms with Crippen molar-refractivity contribution in [2.24, 2.45) is 0 Å². The molecule has 1 aliphatic rings. The molecule has 0 radical (unpaired) electrons. The molecule has 0 amide bonds. The molecular weight excluding hydrogens is 320 g/mol. The molecule has 1 aromatic heterocycles. The van der Waals surface area contributed by atoms with Crippen LogP contribution in [0, 0.1) is 13.8 Å². The molecule has 1 N–H and O–H groups in total. The first-order chi connectivity index (χ1) is 12.1. The normalized spacial score (nSPS) is 17.9. The Bertz CT molecular complexity index is 741. The Labute approximate surface area is 148 Å². The number of ether oxygens (including phenoxy) is 2. The van der Waals surface area contributed by atoms with Gasteiger partial charge in [0, 0.05) is 18.2 Å². The monoisotopic (exact) mass is 346 g/mol. The zero-order chi connectivity index (χ0) is 18.0. The fraction of sp³-hybridized carbons (Fsp3) is 0.526. The lowest BCUT2D eigenvalue weighted by molar-refractivity contribution is 0.152. The highest BCUT2D eigenvalue weighted by molar-refractivity contribution is 5.68. The molecule has 0 saturated carbocycles. The van der Waals surface area contributed by atoms with Gasteiger partial charge in [0.1, 0.15) is 17.3 Å². The molecule has 0 unspecified atom stereocenters. The number of aliphatic hydroxyl groups is 1. The molecule has 1 aliphatic heterocycles. The zero-order valence-electron chi connectivity index (χ0n) is 15.3. The van der Waals surface area contributed by atoms with Crippen LogP contribution in [0.1, 0.15) is 29.9 Å². The van der Waals surface area contributed by atoms with Crippen LogP contribution >= 0.6 is 0 Å². The second kappa shape index (κ2) is 7.45. The molecule has 136 valence electrons. The van der Waals surface area contributed by atoms with Gasteiger partial charge in [0.2, 0.25) is 5.89 Å². The number of likely N-dealkylation sites (tertiary alicyclic amines) is 1. The smallest absolute Gasteiger partial charge is 0.230 e. The molecule has 6 heteroatoms. The third-order valence-corrected chi connectivity index (χ3v) is 4.97. The van der Waals surface area contributed by atoms with Crippen molar-refractivity contribution in [2.45, 2.75) is 39.3 Å². The van der Waals surface area contributed by atoms with Crippen LogP contribution in [0.2, 0.25) is 0 Å². The van der Waals surface area contributed by atoms with Gasteiger partial charge in [0.15, 0.2) is 0 Å². The average Bonchev–Trinajstić information content (AvgIpc) is 3.21. The molecule has 0 aliphatic carbocycles. The summed E-state index contributed by atoms with van der Waals surface area (Å²) in [5.41, 5.74) is 2.64. The topological polar surface area (TPSA) is 68.0 Å². The molecule has 2 heterocycles. The lowest BCUT2D eigenvalue weighted by atomic mass is 10.1. The van der Waals surface area contributed by atoms with Gasteiger partial charge in [0.25, 0.3) is 0 Å². The number of benzene rings is 1. The van der Waals surface area contributed by atoms with Crippen LogP contribution in [0.4, 0.5) is 0 Å². The molecular formula is C19H26N2O4. The molecule has 3 rings (SSSR count). The van der Waals surface area contributed by atoms with Gasteiger partial charge < -0.3 is 19.0 Å². The van der Waals surface area contributed by atoms with Crippen LogP contribution in [-0.4, -0.2) is 48.4 Å². The number of aryl methyl sites for hydroxylation is 1. The van der Waals surface area contributed by atoms with E-state index in [1.807, 2.05) is 26.0 Å². The summed E-state index contributed by atoms with van der Waals surface area (Å²) in [6.07, 6.45) is 2.15. The highest BCUT2D eigenvalue weighted by atomic mass is 16.5. The Kier molecular flexibility index (Phi) is 5.30. The van der Waals surface area contributed by atoms with Crippen LogP contribution in [0.3, 0.4) is 0 Å². The van der Waals surface area contributed by atoms with E-state index in [4.69, 9.17) is 18.9 Å². The third kappa shape index (κ3) is 3.37. The van der Waals surface area contributed by atoms with Crippen molar-refractivity contribution in [3.63, 3.8) is 0 Å². The van der Waals surface area contributed by atoms with Gasteiger partial charge in [0.05, 0.1) is 32.1 Å². The zero-order valence-corrected chi connectivity index (χ0v) is 15.3. The van der Waals surface area contributed by atoms with E-state index in [-0.39, 0.29) is 12.6 Å². The van der Waals surface area contributed by atoms with Crippen molar-refractivity contribution in [3.05, 3.63) is 29.2 Å². The van der Waals surface area contributed by atoms with Crippen LogP contribution in [0.15, 0.2) is 16.5 Å². The van der Waals surface area contributed by atoms with Crippen LogP contribution in [-0.2, 0) is 6.54 Å². The summed E-state index contributed by atoms with van der Waals surface area (Å²) in [6.45, 7) is 5.75. The Morgan fingerprint density at radius 2 is 2.08 bits per heavy atom. The summed E-state index contributed by atoms with van der Waals surface area (Å²) in [5.74, 6) is 2.83. The number of hydrogen-bond donors (Lipinski definition) is 1. The van der Waals surface area contributed by atoms with Crippen molar-refractivity contribution in [3.8, 4) is 23.0 Å². The molecule has 1 fully saturated rings. The maximum absolute atomic E-state index is 9.50. The van der Waals surface area contributed by atoms with E-state index < -0.39 is 0 Å². The molecule has 1 atom stereocenters. The largest absolute Gasteiger partial charge is 0.496 e. The van der Waals surface area contributed by atoms with Crippen molar-refractivity contribution < 1.29 is 19.0 Å². The van der Waals surface area contributed by atoms with Crippen LogP contribution < -0.4 is 9.47 Å². The second-order valence-electron chi connectivity index (χ2n) is 6.44. The van der Waals surface area contributed by atoms with Crippen molar-refractivity contribution in [1.29, 1.82) is 0 Å². The van der Waals surface area contributed by atoms with Gasteiger partial charge in [-0.15, -0.1) is 0 Å². The number of oxazole rings is 1. The van der Waals surface area contributed by atoms with E-state index in [2.05, 4.69) is 4.90 Å². The minimum atomic E-state index is 0.190. The quantitative estimate of drug-likeness (QED) is 0.867. The standard InChI is InChI=1S/C19H26N2O4/c1-12-17(23-3)8-7-15(18(12)24-4)19-20-16(13(2)25-19)10-21-9-5-6-14(21)11-22/h7-8,14,22H,5-6,9-11H2,1-4H3/t14-/m0/s1. The summed E-state index contributed by atoms with van der Waals surface area (Å²) in [4.78, 5) is 6.98. The highest BCUT2D eigenvalue weighted by Gasteiger charge is 2.26. The predicted octanol–water partition coefficient (Wildman–Crippen LogP) is 2.93. The average molecular weight is 346 g/mol. The van der Waals surface area contributed by atoms with E-state index in [0.717, 1.165) is 47.7 Å². The van der Waals surface area contributed by atoms with Crippen molar-refractivity contribution >= 4 is 0 Å². The highest BCUT2D eigenvalue weighted by Crippen LogP contribution is 2.38. The van der Waals surface area contributed by atoms with Crippen LogP contribution in [0.5, 0.6) is 11.5 Å². The minimum Gasteiger partial charge on any atom is -0.496 e. The summed E-state index contributed by atoms with van der Waals surface area (Å²) < 4.78 is 16.9. The Balaban J connectivity index is 1.91. The summed E-state index contributed by atoms with van der Waals surface area (Å²) in [5, 5.41) is 9.50. The van der Waals surface area contributed by atoms with Gasteiger partial charge in [-0.25, -0.2) is 4.98 Å². The Morgan fingerprint density at radius 1 is 1.28 bits per heavy atom. The van der Waals surface area contributed by atoms with Gasteiger partial charge in [-0.1, -0.05) is 0 Å². The minimum absolute atomic E-state index is 0.190. The SMILES string of the molecule is COc1ccc(-c2nc(CN3CCC[C@H]3CO)c(C)o2)c(OC)c1C. The summed E-state index contributed by atoms with van der Waals surface area (Å²) in [7, 11) is 3.28. The van der Waals surface area contributed by atoms with Gasteiger partial charge in [-0.2, -0.15) is 0 Å². The van der Waals surface area contributed by atoms with Crippen LogP contribution in [0.25, 0.3) is 11.5 Å². The molecule has 6 nitrogen and oxygen atoms in total.